The summed E-state index contributed by atoms with van der Waals surface area (Å²) in [6, 6.07) is 20.0. The number of benzene rings is 3. The molecule has 0 aliphatic heterocycles. The van der Waals surface area contributed by atoms with Crippen LogP contribution < -0.4 is 10.0 Å². The maximum Gasteiger partial charge on any atom is 0.264 e. The molecule has 0 heterocycles. The number of amides is 3. The molecule has 3 amide bonds. The summed E-state index contributed by atoms with van der Waals surface area (Å²) in [6.07, 6.45) is 1.48. The summed E-state index contributed by atoms with van der Waals surface area (Å²) in [4.78, 5) is 38.4. The van der Waals surface area contributed by atoms with Crippen molar-refractivity contribution >= 4 is 40.4 Å². The van der Waals surface area contributed by atoms with E-state index in [-0.39, 0.29) is 53.8 Å². The number of hydrogen-bond acceptors (Lipinski definition) is 6. The van der Waals surface area contributed by atoms with Gasteiger partial charge in [0, 0.05) is 50.2 Å². The van der Waals surface area contributed by atoms with E-state index in [0.717, 1.165) is 12.5 Å². The minimum absolute atomic E-state index is 0.0175. The number of nitrogens with one attached hydrogen (secondary N) is 2. The van der Waals surface area contributed by atoms with Crippen LogP contribution in [0.15, 0.2) is 77.7 Å². The van der Waals surface area contributed by atoms with Crippen LogP contribution in [0.2, 0.25) is 0 Å². The number of thiol groups is 1. The van der Waals surface area contributed by atoms with Gasteiger partial charge in [-0.1, -0.05) is 67.6 Å². The molecule has 0 saturated carbocycles. The van der Waals surface area contributed by atoms with E-state index in [1.807, 2.05) is 11.6 Å². The highest BCUT2D eigenvalue weighted by molar-refractivity contribution is 7.90. The van der Waals surface area contributed by atoms with Gasteiger partial charge in [0.1, 0.15) is 5.82 Å². The average molecular weight is 614 g/mol. The lowest BCUT2D eigenvalue weighted by Gasteiger charge is -2.23. The molecule has 0 aliphatic rings. The van der Waals surface area contributed by atoms with Crippen molar-refractivity contribution in [3.63, 3.8) is 0 Å². The van der Waals surface area contributed by atoms with Gasteiger partial charge in [0.05, 0.1) is 4.90 Å². The Bertz CT molecular complexity index is 1500. The summed E-state index contributed by atoms with van der Waals surface area (Å²) in [5.74, 6) is -1.30. The van der Waals surface area contributed by atoms with E-state index in [0.29, 0.717) is 36.0 Å². The zero-order valence-electron chi connectivity index (χ0n) is 23.7. The number of hydrogen-bond donors (Lipinski definition) is 3. The second-order valence-electron chi connectivity index (χ2n) is 9.92. The van der Waals surface area contributed by atoms with Crippen molar-refractivity contribution in [2.45, 2.75) is 56.2 Å². The molecule has 0 bridgehead atoms. The lowest BCUT2D eigenvalue weighted by molar-refractivity contribution is -0.132. The Morgan fingerprint density at radius 3 is 2.29 bits per heavy atom. The van der Waals surface area contributed by atoms with E-state index in [9.17, 15) is 27.2 Å². The standard InChI is InChI=1S/C31H36FN3O5S2/c1-3-8-31(38)35(18-17-30(37)33-20-26(41)19-25-9-4-6-11-28(25)32)21-23-13-15-24(16-14-23)27-10-5-7-12-29(27)42(39,40)34-22(2)36/h4-7,9-16,26,41H,3,8,17-21H2,1-2H3,(H,33,37)(H,34,36)/t26-/m0/s1. The van der Waals surface area contributed by atoms with E-state index >= 15 is 0 Å². The summed E-state index contributed by atoms with van der Waals surface area (Å²) < 4.78 is 41.2. The lowest BCUT2D eigenvalue weighted by atomic mass is 10.0. The van der Waals surface area contributed by atoms with Gasteiger partial charge in [-0.15, -0.1) is 0 Å². The number of rotatable bonds is 14. The first-order valence-electron chi connectivity index (χ1n) is 13.7. The summed E-state index contributed by atoms with van der Waals surface area (Å²) in [5, 5.41) is 2.55. The quantitative estimate of drug-likeness (QED) is 0.232. The zero-order chi connectivity index (χ0) is 30.7. The van der Waals surface area contributed by atoms with Gasteiger partial charge in [0.2, 0.25) is 17.7 Å². The minimum atomic E-state index is -4.04. The predicted octanol–water partition coefficient (Wildman–Crippen LogP) is 4.49. The van der Waals surface area contributed by atoms with Crippen molar-refractivity contribution in [1.29, 1.82) is 0 Å². The summed E-state index contributed by atoms with van der Waals surface area (Å²) in [6.45, 7) is 3.80. The van der Waals surface area contributed by atoms with Crippen LogP contribution in [0.25, 0.3) is 11.1 Å². The molecular weight excluding hydrogens is 577 g/mol. The Morgan fingerprint density at radius 1 is 0.952 bits per heavy atom. The molecule has 42 heavy (non-hydrogen) atoms. The SMILES string of the molecule is CCCC(=O)N(CCC(=O)NC[C@@H](S)Cc1ccccc1F)Cc1ccc(-c2ccccc2S(=O)(=O)NC(C)=O)cc1. The number of nitrogens with zero attached hydrogens (tertiary/aromatic N) is 1. The maximum absolute atomic E-state index is 13.9. The van der Waals surface area contributed by atoms with E-state index < -0.39 is 15.9 Å². The Labute approximate surface area is 252 Å². The fraction of sp³-hybridized carbons (Fsp3) is 0.323. The monoisotopic (exact) mass is 613 g/mol. The second kappa shape index (κ2) is 15.5. The maximum atomic E-state index is 13.9. The molecule has 0 fully saturated rings. The first-order valence-corrected chi connectivity index (χ1v) is 15.7. The summed E-state index contributed by atoms with van der Waals surface area (Å²) in [7, 11) is -4.04. The van der Waals surface area contributed by atoms with E-state index in [4.69, 9.17) is 0 Å². The highest BCUT2D eigenvalue weighted by atomic mass is 32.2. The van der Waals surface area contributed by atoms with Crippen LogP contribution in [-0.2, 0) is 37.4 Å². The van der Waals surface area contributed by atoms with E-state index in [2.05, 4.69) is 17.9 Å². The molecule has 224 valence electrons. The Hall–Kier alpha value is -3.70. The molecule has 3 aromatic carbocycles. The van der Waals surface area contributed by atoms with E-state index in [1.165, 1.54) is 12.1 Å². The fourth-order valence-electron chi connectivity index (χ4n) is 4.40. The lowest BCUT2D eigenvalue weighted by Crippen LogP contribution is -2.36. The van der Waals surface area contributed by atoms with Crippen molar-refractivity contribution in [3.05, 3.63) is 89.7 Å². The minimum Gasteiger partial charge on any atom is -0.355 e. The van der Waals surface area contributed by atoms with Gasteiger partial charge in [-0.05, 0) is 41.7 Å². The van der Waals surface area contributed by atoms with Crippen LogP contribution in [0.5, 0.6) is 0 Å². The molecule has 8 nitrogen and oxygen atoms in total. The molecule has 2 N–H and O–H groups in total. The Kier molecular flexibility index (Phi) is 12.1. The molecule has 0 unspecified atom stereocenters. The van der Waals surface area contributed by atoms with Crippen LogP contribution in [0.1, 0.15) is 44.2 Å². The molecular formula is C31H36FN3O5S2. The molecule has 11 heteroatoms. The van der Waals surface area contributed by atoms with Gasteiger partial charge < -0.3 is 10.2 Å². The van der Waals surface area contributed by atoms with Gasteiger partial charge in [0.25, 0.3) is 10.0 Å². The molecule has 3 rings (SSSR count). The van der Waals surface area contributed by atoms with Crippen molar-refractivity contribution in [2.24, 2.45) is 0 Å². The average Bonchev–Trinajstić information content (AvgIpc) is 2.95. The topological polar surface area (TPSA) is 113 Å². The van der Waals surface area contributed by atoms with Crippen molar-refractivity contribution < 1.29 is 27.2 Å². The van der Waals surface area contributed by atoms with Crippen LogP contribution in [0, 0.1) is 5.82 Å². The van der Waals surface area contributed by atoms with Gasteiger partial charge in [0.15, 0.2) is 0 Å². The van der Waals surface area contributed by atoms with Crippen LogP contribution >= 0.6 is 12.6 Å². The predicted molar refractivity (Wildman–Crippen MR) is 164 cm³/mol. The Balaban J connectivity index is 1.63. The van der Waals surface area contributed by atoms with Gasteiger partial charge in [-0.25, -0.2) is 17.5 Å². The molecule has 3 aromatic rings. The van der Waals surface area contributed by atoms with Crippen LogP contribution in [0.4, 0.5) is 4.39 Å². The van der Waals surface area contributed by atoms with Crippen molar-refractivity contribution in [2.75, 3.05) is 13.1 Å². The Morgan fingerprint density at radius 2 is 1.62 bits per heavy atom. The smallest absolute Gasteiger partial charge is 0.264 e. The number of carbonyl (C=O) groups excluding carboxylic acids is 3. The molecule has 1 atom stereocenters. The second-order valence-corrected chi connectivity index (χ2v) is 12.3. The molecule has 0 aromatic heterocycles. The first-order chi connectivity index (χ1) is 20.0. The van der Waals surface area contributed by atoms with E-state index in [1.54, 1.807) is 65.6 Å². The third-order valence-corrected chi connectivity index (χ3v) is 8.32. The van der Waals surface area contributed by atoms with Crippen LogP contribution in [0.3, 0.4) is 0 Å². The third-order valence-electron chi connectivity index (χ3n) is 6.47. The molecule has 0 radical (unpaired) electrons. The first kappa shape index (κ1) is 32.8. The van der Waals surface area contributed by atoms with Gasteiger partial charge in [-0.3, -0.25) is 14.4 Å². The largest absolute Gasteiger partial charge is 0.355 e. The van der Waals surface area contributed by atoms with Crippen LogP contribution in [-0.4, -0.2) is 49.4 Å². The molecule has 0 aliphatic carbocycles. The summed E-state index contributed by atoms with van der Waals surface area (Å²) in [5.41, 5.74) is 2.41. The highest BCUT2D eigenvalue weighted by Crippen LogP contribution is 2.28. The van der Waals surface area contributed by atoms with Gasteiger partial charge >= 0.3 is 0 Å². The van der Waals surface area contributed by atoms with Crippen molar-refractivity contribution in [1.82, 2.24) is 14.9 Å². The number of carbonyl (C=O) groups is 3. The van der Waals surface area contributed by atoms with Crippen molar-refractivity contribution in [3.8, 4) is 11.1 Å². The number of sulfonamides is 1. The zero-order valence-corrected chi connectivity index (χ0v) is 25.4. The van der Waals surface area contributed by atoms with Gasteiger partial charge in [-0.2, -0.15) is 12.6 Å². The third kappa shape index (κ3) is 9.70. The molecule has 0 spiro atoms. The molecule has 0 saturated heterocycles. The normalized spacial score (nSPS) is 11.9. The highest BCUT2D eigenvalue weighted by Gasteiger charge is 2.21. The fourth-order valence-corrected chi connectivity index (χ4v) is 5.91. The number of halogens is 1. The summed E-state index contributed by atoms with van der Waals surface area (Å²) >= 11 is 4.47.